The Bertz CT molecular complexity index is 1070. The first-order valence-electron chi connectivity index (χ1n) is 11.8. The third kappa shape index (κ3) is 4.44. The van der Waals surface area contributed by atoms with Crippen molar-refractivity contribution in [2.45, 2.75) is 51.2 Å². The summed E-state index contributed by atoms with van der Waals surface area (Å²) in [5, 5.41) is 3.41. The van der Waals surface area contributed by atoms with Gasteiger partial charge < -0.3 is 14.8 Å². The molecule has 1 N–H and O–H groups in total. The van der Waals surface area contributed by atoms with Crippen LogP contribution in [0.15, 0.2) is 42.6 Å². The molecular weight excluding hydrogens is 438 g/mol. The lowest BCUT2D eigenvalue weighted by molar-refractivity contribution is -0.128. The van der Waals surface area contributed by atoms with E-state index in [9.17, 15) is 9.59 Å². The summed E-state index contributed by atoms with van der Waals surface area (Å²) in [7, 11) is 0. The largest absolute Gasteiger partial charge is 0.330 e. The zero-order valence-electron chi connectivity index (χ0n) is 18.9. The van der Waals surface area contributed by atoms with Crippen molar-refractivity contribution in [3.05, 3.63) is 59.2 Å². The average Bonchev–Trinajstić information content (AvgIpc) is 3.15. The van der Waals surface area contributed by atoms with E-state index in [0.29, 0.717) is 35.4 Å². The summed E-state index contributed by atoms with van der Waals surface area (Å²) in [6.45, 7) is 5.34. The van der Waals surface area contributed by atoms with Crippen LogP contribution in [0.25, 0.3) is 0 Å². The highest BCUT2D eigenvalue weighted by Crippen LogP contribution is 2.40. The van der Waals surface area contributed by atoms with Gasteiger partial charge in [-0.3, -0.25) is 14.5 Å². The maximum Gasteiger partial charge on any atom is 0.273 e. The molecule has 3 heterocycles. The van der Waals surface area contributed by atoms with Crippen molar-refractivity contribution in [2.24, 2.45) is 5.92 Å². The number of nitrogens with one attached hydrogen (secondary N) is 1. The molecule has 2 fully saturated rings. The first-order chi connectivity index (χ1) is 16.0. The standard InChI is InChI=1S/C25H30ClN5O2/c1-17(29-12-5-13-29)10-11-24(32)30-15-22(18-6-4-7-18)31-21(14-27-23(31)16-30)25(33)28-20-9-3-2-8-19(20)26/h2-3,8-11,14,17-18,22H,4-7,12-13,15-16H2,1H3,(H,28,33)/b11-10+/t17-,22+/m0/s1. The van der Waals surface area contributed by atoms with Gasteiger partial charge in [-0.1, -0.05) is 36.2 Å². The number of amides is 2. The molecule has 7 nitrogen and oxygen atoms in total. The second-order valence-corrected chi connectivity index (χ2v) is 9.74. The minimum absolute atomic E-state index is 0.0167. The highest BCUT2D eigenvalue weighted by Gasteiger charge is 2.38. The van der Waals surface area contributed by atoms with Crippen molar-refractivity contribution in [1.82, 2.24) is 19.4 Å². The van der Waals surface area contributed by atoms with Gasteiger partial charge in [-0.15, -0.1) is 0 Å². The van der Waals surface area contributed by atoms with E-state index in [1.807, 2.05) is 23.1 Å². The zero-order chi connectivity index (χ0) is 22.9. The zero-order valence-corrected chi connectivity index (χ0v) is 19.7. The Morgan fingerprint density at radius 1 is 1.21 bits per heavy atom. The second-order valence-electron chi connectivity index (χ2n) is 9.33. The van der Waals surface area contributed by atoms with E-state index in [4.69, 9.17) is 11.6 Å². The van der Waals surface area contributed by atoms with E-state index in [0.717, 1.165) is 31.8 Å². The molecule has 0 radical (unpaired) electrons. The third-order valence-corrected chi connectivity index (χ3v) is 7.62. The lowest BCUT2D eigenvalue weighted by Crippen LogP contribution is -2.45. The molecule has 1 saturated carbocycles. The molecule has 0 bridgehead atoms. The van der Waals surface area contributed by atoms with Gasteiger partial charge in [0.25, 0.3) is 5.91 Å². The number of halogens is 1. The molecule has 2 aliphatic heterocycles. The molecule has 5 rings (SSSR count). The van der Waals surface area contributed by atoms with Crippen molar-refractivity contribution in [3.63, 3.8) is 0 Å². The number of imidazole rings is 1. The molecular formula is C25H30ClN5O2. The minimum atomic E-state index is -0.228. The number of anilines is 1. The van der Waals surface area contributed by atoms with Gasteiger partial charge in [0.2, 0.25) is 5.91 Å². The van der Waals surface area contributed by atoms with E-state index in [1.165, 1.54) is 12.8 Å². The van der Waals surface area contributed by atoms with Gasteiger partial charge in [-0.2, -0.15) is 0 Å². The predicted molar refractivity (Wildman–Crippen MR) is 128 cm³/mol. The normalized spacial score (nSPS) is 21.9. The Kier molecular flexibility index (Phi) is 6.25. The van der Waals surface area contributed by atoms with Crippen LogP contribution >= 0.6 is 11.6 Å². The summed E-state index contributed by atoms with van der Waals surface area (Å²) >= 11 is 6.23. The Hall–Kier alpha value is -2.64. The summed E-state index contributed by atoms with van der Waals surface area (Å²) < 4.78 is 2.06. The lowest BCUT2D eigenvalue weighted by atomic mass is 9.78. The molecule has 1 aliphatic carbocycles. The number of benzene rings is 1. The Morgan fingerprint density at radius 2 is 2.00 bits per heavy atom. The monoisotopic (exact) mass is 467 g/mol. The number of para-hydroxylation sites is 1. The van der Waals surface area contributed by atoms with Crippen LogP contribution in [-0.4, -0.2) is 56.8 Å². The van der Waals surface area contributed by atoms with E-state index in [2.05, 4.69) is 26.7 Å². The van der Waals surface area contributed by atoms with Crippen LogP contribution in [0.5, 0.6) is 0 Å². The Balaban J connectivity index is 1.36. The van der Waals surface area contributed by atoms with Crippen LogP contribution in [-0.2, 0) is 11.3 Å². The van der Waals surface area contributed by atoms with E-state index >= 15 is 0 Å². The molecule has 2 amide bonds. The lowest BCUT2D eigenvalue weighted by Gasteiger charge is -2.42. The van der Waals surface area contributed by atoms with Crippen LogP contribution in [0.1, 0.15) is 55.0 Å². The Morgan fingerprint density at radius 3 is 2.67 bits per heavy atom. The van der Waals surface area contributed by atoms with Gasteiger partial charge in [0.1, 0.15) is 11.5 Å². The molecule has 0 unspecified atom stereocenters. The molecule has 0 spiro atoms. The molecule has 174 valence electrons. The summed E-state index contributed by atoms with van der Waals surface area (Å²) in [5.41, 5.74) is 1.10. The van der Waals surface area contributed by atoms with Crippen molar-refractivity contribution in [2.75, 3.05) is 25.0 Å². The highest BCUT2D eigenvalue weighted by molar-refractivity contribution is 6.33. The number of hydrogen-bond acceptors (Lipinski definition) is 4. The molecule has 3 aliphatic rings. The molecule has 1 saturated heterocycles. The van der Waals surface area contributed by atoms with Crippen LogP contribution in [0.2, 0.25) is 5.02 Å². The third-order valence-electron chi connectivity index (χ3n) is 7.29. The number of likely N-dealkylation sites (tertiary alicyclic amines) is 1. The van der Waals surface area contributed by atoms with Crippen molar-refractivity contribution < 1.29 is 9.59 Å². The van der Waals surface area contributed by atoms with Gasteiger partial charge in [-0.05, 0) is 57.3 Å². The van der Waals surface area contributed by atoms with E-state index in [-0.39, 0.29) is 23.9 Å². The minimum Gasteiger partial charge on any atom is -0.330 e. The van der Waals surface area contributed by atoms with Crippen molar-refractivity contribution in [3.8, 4) is 0 Å². The first-order valence-corrected chi connectivity index (χ1v) is 12.2. The number of rotatable bonds is 6. The fraction of sp³-hybridized carbons (Fsp3) is 0.480. The average molecular weight is 468 g/mol. The molecule has 33 heavy (non-hydrogen) atoms. The van der Waals surface area contributed by atoms with Crippen LogP contribution in [0.3, 0.4) is 0 Å². The summed E-state index contributed by atoms with van der Waals surface area (Å²) in [4.78, 5) is 34.9. The van der Waals surface area contributed by atoms with Gasteiger partial charge in [0, 0.05) is 18.7 Å². The number of hydrogen-bond donors (Lipinski definition) is 1. The SMILES string of the molecule is C[C@@H](/C=C/C(=O)N1Cc2ncc(C(=O)Nc3ccccc3Cl)n2[C@@H](C2CCC2)C1)N1CCC1. The van der Waals surface area contributed by atoms with E-state index < -0.39 is 0 Å². The first kappa shape index (κ1) is 22.2. The number of aromatic nitrogens is 2. The number of carbonyl (C=O) groups is 2. The van der Waals surface area contributed by atoms with Gasteiger partial charge in [0.05, 0.1) is 29.5 Å². The van der Waals surface area contributed by atoms with Crippen molar-refractivity contribution in [1.29, 1.82) is 0 Å². The van der Waals surface area contributed by atoms with E-state index in [1.54, 1.807) is 24.4 Å². The smallest absolute Gasteiger partial charge is 0.273 e. The topological polar surface area (TPSA) is 70.5 Å². The Labute approximate surface area is 199 Å². The van der Waals surface area contributed by atoms with Crippen molar-refractivity contribution >= 4 is 29.1 Å². The maximum atomic E-state index is 13.1. The molecule has 1 aromatic carbocycles. The molecule has 2 aromatic rings. The quantitative estimate of drug-likeness (QED) is 0.649. The predicted octanol–water partition coefficient (Wildman–Crippen LogP) is 4.12. The van der Waals surface area contributed by atoms with Crippen LogP contribution in [0, 0.1) is 5.92 Å². The highest BCUT2D eigenvalue weighted by atomic mass is 35.5. The molecule has 8 heteroatoms. The number of carbonyl (C=O) groups excluding carboxylic acids is 2. The fourth-order valence-corrected chi connectivity index (χ4v) is 5.08. The van der Waals surface area contributed by atoms with Gasteiger partial charge >= 0.3 is 0 Å². The van der Waals surface area contributed by atoms with Gasteiger partial charge in [-0.25, -0.2) is 4.98 Å². The molecule has 1 aromatic heterocycles. The van der Waals surface area contributed by atoms with Gasteiger partial charge in [0.15, 0.2) is 0 Å². The number of fused-ring (bicyclic) bond motifs is 1. The maximum absolute atomic E-state index is 13.1. The van der Waals surface area contributed by atoms with Crippen LogP contribution in [0.4, 0.5) is 5.69 Å². The molecule has 2 atom stereocenters. The summed E-state index contributed by atoms with van der Waals surface area (Å²) in [5.74, 6) is 1.00. The van der Waals surface area contributed by atoms with Crippen LogP contribution < -0.4 is 5.32 Å². The summed E-state index contributed by atoms with van der Waals surface area (Å²) in [6.07, 6.45) is 9.98. The second kappa shape index (κ2) is 9.31. The summed E-state index contributed by atoms with van der Waals surface area (Å²) in [6, 6.07) is 7.53. The number of nitrogens with zero attached hydrogens (tertiary/aromatic N) is 4. The fourth-order valence-electron chi connectivity index (χ4n) is 4.89.